The van der Waals surface area contributed by atoms with Crippen molar-refractivity contribution >= 4 is 6.29 Å². The van der Waals surface area contributed by atoms with E-state index < -0.39 is 34.8 Å². The molecule has 0 atom stereocenters. The second kappa shape index (κ2) is 4.45. The van der Waals surface area contributed by atoms with E-state index >= 15 is 0 Å². The molecule has 0 aliphatic rings. The number of halogens is 5. The summed E-state index contributed by atoms with van der Waals surface area (Å²) in [6.45, 7) is 1.30. The number of carbonyl (C=O) groups is 1. The predicted octanol–water partition coefficient (Wildman–Crippen LogP) is 2.69. The number of hydrogen-bond acceptors (Lipinski definition) is 2. The molecular formula is C11H5F5N2O. The molecule has 0 spiro atoms. The summed E-state index contributed by atoms with van der Waals surface area (Å²) in [7, 11) is 0. The maximum atomic E-state index is 13.5. The Morgan fingerprint density at radius 3 is 1.89 bits per heavy atom. The molecule has 0 saturated heterocycles. The van der Waals surface area contributed by atoms with E-state index in [2.05, 4.69) is 5.10 Å². The Kier molecular flexibility index (Phi) is 3.09. The number of aldehydes is 1. The zero-order chi connectivity index (χ0) is 14.3. The van der Waals surface area contributed by atoms with Gasteiger partial charge in [-0.25, -0.2) is 26.6 Å². The largest absolute Gasteiger partial charge is 0.296 e. The third-order valence-electron chi connectivity index (χ3n) is 2.43. The minimum atomic E-state index is -2.25. The average molecular weight is 276 g/mol. The monoisotopic (exact) mass is 276 g/mol. The van der Waals surface area contributed by atoms with E-state index in [1.165, 1.54) is 6.92 Å². The molecule has 19 heavy (non-hydrogen) atoms. The lowest BCUT2D eigenvalue weighted by Crippen LogP contribution is -2.11. The van der Waals surface area contributed by atoms with Crippen molar-refractivity contribution in [3.63, 3.8) is 0 Å². The quantitative estimate of drug-likeness (QED) is 0.366. The van der Waals surface area contributed by atoms with Crippen LogP contribution in [-0.2, 0) is 0 Å². The lowest BCUT2D eigenvalue weighted by atomic mass is 10.2. The van der Waals surface area contributed by atoms with Gasteiger partial charge in [-0.15, -0.1) is 0 Å². The fourth-order valence-corrected chi connectivity index (χ4v) is 1.56. The molecule has 0 amide bonds. The van der Waals surface area contributed by atoms with E-state index in [0.717, 1.165) is 6.07 Å². The minimum absolute atomic E-state index is 0.0466. The Labute approximate surface area is 103 Å². The molecule has 0 radical (unpaired) electrons. The average Bonchev–Trinajstić information content (AvgIpc) is 2.76. The molecule has 0 saturated carbocycles. The van der Waals surface area contributed by atoms with Gasteiger partial charge < -0.3 is 0 Å². The van der Waals surface area contributed by atoms with Crippen molar-refractivity contribution in [3.05, 3.63) is 46.5 Å². The van der Waals surface area contributed by atoms with Crippen LogP contribution in [0.15, 0.2) is 6.07 Å². The topological polar surface area (TPSA) is 34.9 Å². The Hall–Kier alpha value is -2.25. The number of nitrogens with zero attached hydrogens (tertiary/aromatic N) is 2. The second-order valence-corrected chi connectivity index (χ2v) is 3.66. The highest BCUT2D eigenvalue weighted by atomic mass is 19.2. The van der Waals surface area contributed by atoms with Gasteiger partial charge in [-0.1, -0.05) is 0 Å². The van der Waals surface area contributed by atoms with Gasteiger partial charge in [0.1, 0.15) is 11.4 Å². The molecule has 0 aliphatic carbocycles. The molecule has 1 heterocycles. The summed E-state index contributed by atoms with van der Waals surface area (Å²) >= 11 is 0. The van der Waals surface area contributed by atoms with Crippen molar-refractivity contribution < 1.29 is 26.7 Å². The van der Waals surface area contributed by atoms with Crippen LogP contribution in [0.5, 0.6) is 0 Å². The van der Waals surface area contributed by atoms with Gasteiger partial charge in [0.15, 0.2) is 29.6 Å². The fourth-order valence-electron chi connectivity index (χ4n) is 1.56. The van der Waals surface area contributed by atoms with Crippen molar-refractivity contribution in [2.24, 2.45) is 0 Å². The standard InChI is InChI=1S/C11H5F5N2O/c1-4-2-5(3-19)17-18(4)11-9(15)7(13)6(12)8(14)10(11)16/h2-3H,1H3. The summed E-state index contributed by atoms with van der Waals surface area (Å²) in [5.41, 5.74) is -1.37. The highest BCUT2D eigenvalue weighted by Gasteiger charge is 2.28. The highest BCUT2D eigenvalue weighted by molar-refractivity contribution is 5.72. The molecule has 3 nitrogen and oxygen atoms in total. The Morgan fingerprint density at radius 2 is 1.47 bits per heavy atom. The first-order valence-electron chi connectivity index (χ1n) is 4.92. The summed E-state index contributed by atoms with van der Waals surface area (Å²) in [5, 5.41) is 3.44. The first-order valence-corrected chi connectivity index (χ1v) is 4.92. The van der Waals surface area contributed by atoms with Gasteiger partial charge in [-0.2, -0.15) is 5.10 Å². The van der Waals surface area contributed by atoms with Crippen molar-refractivity contribution in [2.75, 3.05) is 0 Å². The normalized spacial score (nSPS) is 10.8. The van der Waals surface area contributed by atoms with Gasteiger partial charge in [-0.05, 0) is 13.0 Å². The number of carbonyl (C=O) groups excluding carboxylic acids is 1. The van der Waals surface area contributed by atoms with Crippen LogP contribution in [0.2, 0.25) is 0 Å². The van der Waals surface area contributed by atoms with Gasteiger partial charge in [-0.3, -0.25) is 4.79 Å². The molecule has 100 valence electrons. The zero-order valence-corrected chi connectivity index (χ0v) is 9.35. The molecule has 0 bridgehead atoms. The first-order chi connectivity index (χ1) is 8.88. The maximum Gasteiger partial charge on any atom is 0.200 e. The first kappa shape index (κ1) is 13.2. The fraction of sp³-hybridized carbons (Fsp3) is 0.0909. The van der Waals surface area contributed by atoms with Crippen molar-refractivity contribution in [1.29, 1.82) is 0 Å². The number of hydrogen-bond donors (Lipinski definition) is 0. The van der Waals surface area contributed by atoms with Crippen LogP contribution in [0.4, 0.5) is 22.0 Å². The van der Waals surface area contributed by atoms with E-state index in [1.54, 1.807) is 0 Å². The van der Waals surface area contributed by atoms with E-state index in [0.29, 0.717) is 4.68 Å². The van der Waals surface area contributed by atoms with Crippen LogP contribution >= 0.6 is 0 Å². The van der Waals surface area contributed by atoms with Crippen molar-refractivity contribution in [3.8, 4) is 5.69 Å². The molecule has 0 fully saturated rings. The van der Waals surface area contributed by atoms with Crippen LogP contribution < -0.4 is 0 Å². The predicted molar refractivity (Wildman–Crippen MR) is 53.5 cm³/mol. The number of rotatable bonds is 2. The van der Waals surface area contributed by atoms with E-state index in [1.807, 2.05) is 0 Å². The summed E-state index contributed by atoms with van der Waals surface area (Å²) in [6.07, 6.45) is 0.287. The van der Waals surface area contributed by atoms with Crippen LogP contribution in [0.3, 0.4) is 0 Å². The van der Waals surface area contributed by atoms with Gasteiger partial charge in [0.2, 0.25) is 5.82 Å². The Bertz CT molecular complexity index is 651. The van der Waals surface area contributed by atoms with Crippen LogP contribution in [0, 0.1) is 36.0 Å². The minimum Gasteiger partial charge on any atom is -0.296 e. The molecule has 1 aromatic carbocycles. The Morgan fingerprint density at radius 1 is 1.00 bits per heavy atom. The number of aromatic nitrogens is 2. The van der Waals surface area contributed by atoms with Crippen molar-refractivity contribution in [1.82, 2.24) is 9.78 Å². The Balaban J connectivity index is 2.82. The van der Waals surface area contributed by atoms with E-state index in [9.17, 15) is 26.7 Å². The van der Waals surface area contributed by atoms with Gasteiger partial charge >= 0.3 is 0 Å². The summed E-state index contributed by atoms with van der Waals surface area (Å²) in [6, 6.07) is 1.14. The zero-order valence-electron chi connectivity index (χ0n) is 9.35. The molecule has 0 N–H and O–H groups in total. The molecular weight excluding hydrogens is 271 g/mol. The molecule has 0 unspecified atom stereocenters. The number of benzene rings is 1. The SMILES string of the molecule is Cc1cc(C=O)nn1-c1c(F)c(F)c(F)c(F)c1F. The third kappa shape index (κ3) is 1.88. The summed E-state index contributed by atoms with van der Waals surface area (Å²) in [5.74, 6) is -10.4. The van der Waals surface area contributed by atoms with Gasteiger partial charge in [0.05, 0.1) is 0 Å². The molecule has 2 aromatic rings. The summed E-state index contributed by atoms with van der Waals surface area (Å²) < 4.78 is 66.5. The van der Waals surface area contributed by atoms with Crippen molar-refractivity contribution in [2.45, 2.75) is 6.92 Å². The third-order valence-corrected chi connectivity index (χ3v) is 2.43. The van der Waals surface area contributed by atoms with E-state index in [4.69, 9.17) is 0 Å². The lowest BCUT2D eigenvalue weighted by Gasteiger charge is -2.09. The van der Waals surface area contributed by atoms with Gasteiger partial charge in [0, 0.05) is 5.69 Å². The molecule has 0 aliphatic heterocycles. The van der Waals surface area contributed by atoms with Crippen LogP contribution in [0.25, 0.3) is 5.69 Å². The highest BCUT2D eigenvalue weighted by Crippen LogP contribution is 2.26. The molecule has 2 rings (SSSR count). The summed E-state index contributed by atoms with van der Waals surface area (Å²) in [4.78, 5) is 10.5. The number of aryl methyl sites for hydroxylation is 1. The van der Waals surface area contributed by atoms with E-state index in [-0.39, 0.29) is 17.7 Å². The second-order valence-electron chi connectivity index (χ2n) is 3.66. The molecule has 1 aromatic heterocycles. The maximum absolute atomic E-state index is 13.5. The lowest BCUT2D eigenvalue weighted by molar-refractivity contribution is 0.111. The van der Waals surface area contributed by atoms with Gasteiger partial charge in [0.25, 0.3) is 0 Å². The smallest absolute Gasteiger partial charge is 0.200 e. The molecule has 8 heteroatoms. The van der Waals surface area contributed by atoms with Crippen LogP contribution in [0.1, 0.15) is 16.2 Å². The van der Waals surface area contributed by atoms with Crippen LogP contribution in [-0.4, -0.2) is 16.1 Å².